The van der Waals surface area contributed by atoms with Crippen LogP contribution in [0.2, 0.25) is 0 Å². The summed E-state index contributed by atoms with van der Waals surface area (Å²) in [5, 5.41) is 10.7. The number of anilines is 1. The molecule has 0 aliphatic carbocycles. The number of nitro groups is 1. The SMILES string of the molecule is O=C1CC2(CO2)C(=O)N1c1cccc([N+](=O)[O-])c1. The van der Waals surface area contributed by atoms with Crippen LogP contribution in [0.4, 0.5) is 11.4 Å². The van der Waals surface area contributed by atoms with Crippen molar-refractivity contribution in [3.05, 3.63) is 34.4 Å². The topological polar surface area (TPSA) is 93.1 Å². The van der Waals surface area contributed by atoms with E-state index in [4.69, 9.17) is 4.74 Å². The van der Waals surface area contributed by atoms with Gasteiger partial charge >= 0.3 is 0 Å². The second-order valence-corrected chi connectivity index (χ2v) is 4.27. The highest BCUT2D eigenvalue weighted by Crippen LogP contribution is 2.41. The van der Waals surface area contributed by atoms with Gasteiger partial charge in [0.2, 0.25) is 5.91 Å². The Labute approximate surface area is 101 Å². The first-order valence-corrected chi connectivity index (χ1v) is 5.29. The number of imide groups is 1. The third-order valence-corrected chi connectivity index (χ3v) is 3.07. The van der Waals surface area contributed by atoms with E-state index in [2.05, 4.69) is 0 Å². The molecule has 2 fully saturated rings. The lowest BCUT2D eigenvalue weighted by molar-refractivity contribution is -0.384. The number of hydrogen-bond acceptors (Lipinski definition) is 5. The average Bonchev–Trinajstić information content (AvgIpc) is 3.05. The molecular formula is C11H8N2O5. The lowest BCUT2D eigenvalue weighted by Crippen LogP contribution is -2.33. The third kappa shape index (κ3) is 1.41. The van der Waals surface area contributed by atoms with Crippen molar-refractivity contribution in [2.75, 3.05) is 11.5 Å². The summed E-state index contributed by atoms with van der Waals surface area (Å²) in [7, 11) is 0. The highest BCUT2D eigenvalue weighted by atomic mass is 16.6. The second-order valence-electron chi connectivity index (χ2n) is 4.27. The van der Waals surface area contributed by atoms with Gasteiger partial charge in [0.15, 0.2) is 5.60 Å². The fourth-order valence-electron chi connectivity index (χ4n) is 2.04. The number of rotatable bonds is 2. The number of carbonyl (C=O) groups is 2. The molecule has 0 bridgehead atoms. The normalized spacial score (nSPS) is 25.9. The number of hydrogen-bond donors (Lipinski definition) is 0. The Morgan fingerprint density at radius 3 is 2.67 bits per heavy atom. The standard InChI is InChI=1S/C11H8N2O5/c14-9-5-11(6-18-11)10(15)12(9)7-2-1-3-8(4-7)13(16)17/h1-4H,5-6H2. The monoisotopic (exact) mass is 248 g/mol. The molecule has 2 aliphatic rings. The number of nitrogens with zero attached hydrogens (tertiary/aromatic N) is 2. The summed E-state index contributed by atoms with van der Waals surface area (Å²) >= 11 is 0. The van der Waals surface area contributed by atoms with E-state index >= 15 is 0 Å². The van der Waals surface area contributed by atoms with Gasteiger partial charge in [-0.2, -0.15) is 0 Å². The van der Waals surface area contributed by atoms with E-state index < -0.39 is 22.3 Å². The van der Waals surface area contributed by atoms with Crippen LogP contribution in [0.25, 0.3) is 0 Å². The van der Waals surface area contributed by atoms with E-state index in [0.29, 0.717) is 0 Å². The van der Waals surface area contributed by atoms with Crippen molar-refractivity contribution in [1.29, 1.82) is 0 Å². The molecule has 0 N–H and O–H groups in total. The molecule has 7 nitrogen and oxygen atoms in total. The summed E-state index contributed by atoms with van der Waals surface area (Å²) in [5.74, 6) is -0.828. The van der Waals surface area contributed by atoms with E-state index in [-0.39, 0.29) is 24.4 Å². The van der Waals surface area contributed by atoms with Crippen molar-refractivity contribution in [2.45, 2.75) is 12.0 Å². The van der Waals surface area contributed by atoms with Crippen LogP contribution in [-0.4, -0.2) is 28.9 Å². The van der Waals surface area contributed by atoms with Crippen LogP contribution >= 0.6 is 0 Å². The number of amides is 2. The summed E-state index contributed by atoms with van der Waals surface area (Å²) < 4.78 is 5.02. The molecule has 0 radical (unpaired) electrons. The van der Waals surface area contributed by atoms with Crippen molar-refractivity contribution in [3.8, 4) is 0 Å². The van der Waals surface area contributed by atoms with E-state index in [9.17, 15) is 19.7 Å². The zero-order valence-electron chi connectivity index (χ0n) is 9.16. The van der Waals surface area contributed by atoms with Gasteiger partial charge in [0, 0.05) is 12.1 Å². The molecule has 0 saturated carbocycles. The number of benzene rings is 1. The Morgan fingerprint density at radius 2 is 2.11 bits per heavy atom. The van der Waals surface area contributed by atoms with E-state index in [1.54, 1.807) is 0 Å². The highest BCUT2D eigenvalue weighted by Gasteiger charge is 2.62. The molecule has 18 heavy (non-hydrogen) atoms. The van der Waals surface area contributed by atoms with Crippen LogP contribution in [0, 0.1) is 10.1 Å². The second kappa shape index (κ2) is 3.36. The van der Waals surface area contributed by atoms with Gasteiger partial charge < -0.3 is 4.74 Å². The average molecular weight is 248 g/mol. The molecule has 2 aliphatic heterocycles. The first kappa shape index (κ1) is 10.8. The van der Waals surface area contributed by atoms with Crippen molar-refractivity contribution >= 4 is 23.2 Å². The van der Waals surface area contributed by atoms with Gasteiger partial charge in [-0.1, -0.05) is 6.07 Å². The van der Waals surface area contributed by atoms with Crippen LogP contribution in [0.15, 0.2) is 24.3 Å². The first-order valence-electron chi connectivity index (χ1n) is 5.29. The van der Waals surface area contributed by atoms with Crippen LogP contribution in [0.1, 0.15) is 6.42 Å². The molecule has 2 heterocycles. The van der Waals surface area contributed by atoms with Gasteiger partial charge in [-0.05, 0) is 6.07 Å². The highest BCUT2D eigenvalue weighted by molar-refractivity contribution is 6.25. The first-order chi connectivity index (χ1) is 8.53. The Morgan fingerprint density at radius 1 is 1.39 bits per heavy atom. The quantitative estimate of drug-likeness (QED) is 0.331. The number of non-ortho nitro benzene ring substituents is 1. The number of epoxide rings is 1. The summed E-state index contributed by atoms with van der Waals surface area (Å²) in [6.45, 7) is 0.239. The largest absolute Gasteiger partial charge is 0.359 e. The number of ether oxygens (including phenoxy) is 1. The van der Waals surface area contributed by atoms with Gasteiger partial charge in [0.25, 0.3) is 11.6 Å². The zero-order chi connectivity index (χ0) is 12.9. The lowest BCUT2D eigenvalue weighted by atomic mass is 10.1. The van der Waals surface area contributed by atoms with Gasteiger partial charge in [0.05, 0.1) is 23.6 Å². The van der Waals surface area contributed by atoms with Gasteiger partial charge in [-0.25, -0.2) is 4.90 Å². The fraction of sp³-hybridized carbons (Fsp3) is 0.273. The molecular weight excluding hydrogens is 240 g/mol. The summed E-state index contributed by atoms with van der Waals surface area (Å²) in [6.07, 6.45) is 0.00846. The zero-order valence-corrected chi connectivity index (χ0v) is 9.16. The number of carbonyl (C=O) groups excluding carboxylic acids is 2. The minimum Gasteiger partial charge on any atom is -0.359 e. The van der Waals surface area contributed by atoms with E-state index in [0.717, 1.165) is 4.90 Å². The Bertz CT molecular complexity index is 579. The van der Waals surface area contributed by atoms with Crippen LogP contribution in [0.5, 0.6) is 0 Å². The predicted octanol–water partition coefficient (Wildman–Crippen LogP) is 0.627. The minimum atomic E-state index is -0.998. The van der Waals surface area contributed by atoms with Crippen molar-refractivity contribution in [1.82, 2.24) is 0 Å². The molecule has 1 aromatic rings. The lowest BCUT2D eigenvalue weighted by Gasteiger charge is -2.13. The van der Waals surface area contributed by atoms with E-state index in [1.165, 1.54) is 24.3 Å². The predicted molar refractivity (Wildman–Crippen MR) is 58.9 cm³/mol. The van der Waals surface area contributed by atoms with Gasteiger partial charge in [-0.3, -0.25) is 19.7 Å². The maximum atomic E-state index is 12.0. The summed E-state index contributed by atoms with van der Waals surface area (Å²) in [6, 6.07) is 5.44. The molecule has 1 atom stereocenters. The fourth-order valence-corrected chi connectivity index (χ4v) is 2.04. The van der Waals surface area contributed by atoms with Crippen LogP contribution in [-0.2, 0) is 14.3 Å². The number of nitro benzene ring substituents is 1. The molecule has 1 unspecified atom stereocenters. The maximum absolute atomic E-state index is 12.0. The molecule has 2 amide bonds. The summed E-state index contributed by atoms with van der Waals surface area (Å²) in [5.41, 5.74) is -0.945. The Balaban J connectivity index is 2.00. The van der Waals surface area contributed by atoms with Crippen LogP contribution < -0.4 is 4.90 Å². The van der Waals surface area contributed by atoms with Crippen molar-refractivity contribution < 1.29 is 19.2 Å². The van der Waals surface area contributed by atoms with Crippen molar-refractivity contribution in [3.63, 3.8) is 0 Å². The molecule has 92 valence electrons. The molecule has 1 aromatic carbocycles. The molecule has 1 spiro atoms. The molecule has 3 rings (SSSR count). The maximum Gasteiger partial charge on any atom is 0.271 e. The molecule has 7 heteroatoms. The summed E-state index contributed by atoms with van der Waals surface area (Å²) in [4.78, 5) is 34.8. The minimum absolute atomic E-state index is 0.00846. The van der Waals surface area contributed by atoms with Crippen molar-refractivity contribution in [2.24, 2.45) is 0 Å². The van der Waals surface area contributed by atoms with Gasteiger partial charge in [0.1, 0.15) is 0 Å². The Kier molecular flexibility index (Phi) is 2.02. The van der Waals surface area contributed by atoms with Crippen LogP contribution in [0.3, 0.4) is 0 Å². The smallest absolute Gasteiger partial charge is 0.271 e. The van der Waals surface area contributed by atoms with Gasteiger partial charge in [-0.15, -0.1) is 0 Å². The molecule has 0 aromatic heterocycles. The third-order valence-electron chi connectivity index (χ3n) is 3.07. The molecule has 2 saturated heterocycles. The Hall–Kier alpha value is -2.28. The van der Waals surface area contributed by atoms with E-state index in [1.807, 2.05) is 0 Å².